The summed E-state index contributed by atoms with van der Waals surface area (Å²) in [5.41, 5.74) is 2.36. The maximum atomic E-state index is 9.60. The standard InChI is InChI=1S/C13H19NO3/c1-16-7-11-4-2-3-10(5-11)6-14-12-8-17-9-13(12)15/h2-5,12-15H,6-9H2,1H3. The molecule has 1 aliphatic heterocycles. The molecule has 1 aromatic rings. The summed E-state index contributed by atoms with van der Waals surface area (Å²) in [4.78, 5) is 0. The molecule has 4 heteroatoms. The van der Waals surface area contributed by atoms with Gasteiger partial charge >= 0.3 is 0 Å². The molecule has 2 N–H and O–H groups in total. The first kappa shape index (κ1) is 12.5. The van der Waals surface area contributed by atoms with E-state index in [9.17, 15) is 5.11 Å². The van der Waals surface area contributed by atoms with Crippen LogP contribution in [0.3, 0.4) is 0 Å². The Bertz CT molecular complexity index is 356. The van der Waals surface area contributed by atoms with E-state index in [1.165, 1.54) is 5.56 Å². The van der Waals surface area contributed by atoms with Gasteiger partial charge in [0.1, 0.15) is 0 Å². The average molecular weight is 237 g/mol. The molecular formula is C13H19NO3. The van der Waals surface area contributed by atoms with Crippen molar-refractivity contribution < 1.29 is 14.6 Å². The highest BCUT2D eigenvalue weighted by atomic mass is 16.5. The van der Waals surface area contributed by atoms with Crippen LogP contribution in [-0.4, -0.2) is 37.6 Å². The predicted molar refractivity (Wildman–Crippen MR) is 64.6 cm³/mol. The third-order valence-corrected chi connectivity index (χ3v) is 2.92. The van der Waals surface area contributed by atoms with Gasteiger partial charge in [0.2, 0.25) is 0 Å². The van der Waals surface area contributed by atoms with Gasteiger partial charge in [0, 0.05) is 13.7 Å². The van der Waals surface area contributed by atoms with Crippen LogP contribution in [0.1, 0.15) is 11.1 Å². The topological polar surface area (TPSA) is 50.7 Å². The first-order valence-corrected chi connectivity index (χ1v) is 5.85. The molecule has 0 bridgehead atoms. The van der Waals surface area contributed by atoms with Crippen LogP contribution >= 0.6 is 0 Å². The molecule has 0 aromatic heterocycles. The number of aliphatic hydroxyl groups is 1. The largest absolute Gasteiger partial charge is 0.389 e. The summed E-state index contributed by atoms with van der Waals surface area (Å²) >= 11 is 0. The Balaban J connectivity index is 1.87. The Morgan fingerprint density at radius 2 is 2.24 bits per heavy atom. The number of ether oxygens (including phenoxy) is 2. The number of methoxy groups -OCH3 is 1. The van der Waals surface area contributed by atoms with E-state index in [0.29, 0.717) is 19.8 Å². The molecule has 1 fully saturated rings. The Morgan fingerprint density at radius 1 is 1.41 bits per heavy atom. The molecule has 2 atom stereocenters. The third-order valence-electron chi connectivity index (χ3n) is 2.92. The molecule has 4 nitrogen and oxygen atoms in total. The van der Waals surface area contributed by atoms with Gasteiger partial charge in [-0.25, -0.2) is 0 Å². The summed E-state index contributed by atoms with van der Waals surface area (Å²) < 4.78 is 10.3. The van der Waals surface area contributed by atoms with E-state index in [-0.39, 0.29) is 6.04 Å². The van der Waals surface area contributed by atoms with Crippen molar-refractivity contribution in [1.82, 2.24) is 5.32 Å². The highest BCUT2D eigenvalue weighted by Crippen LogP contribution is 2.09. The van der Waals surface area contributed by atoms with Gasteiger partial charge in [0.25, 0.3) is 0 Å². The van der Waals surface area contributed by atoms with Crippen molar-refractivity contribution >= 4 is 0 Å². The smallest absolute Gasteiger partial charge is 0.0948 e. The highest BCUT2D eigenvalue weighted by Gasteiger charge is 2.25. The zero-order valence-corrected chi connectivity index (χ0v) is 10.1. The fourth-order valence-electron chi connectivity index (χ4n) is 1.98. The van der Waals surface area contributed by atoms with Crippen molar-refractivity contribution in [2.75, 3.05) is 20.3 Å². The third kappa shape index (κ3) is 3.51. The maximum absolute atomic E-state index is 9.60. The van der Waals surface area contributed by atoms with Gasteiger partial charge < -0.3 is 19.9 Å². The van der Waals surface area contributed by atoms with E-state index in [1.54, 1.807) is 7.11 Å². The monoisotopic (exact) mass is 237 g/mol. The van der Waals surface area contributed by atoms with E-state index >= 15 is 0 Å². The van der Waals surface area contributed by atoms with Crippen molar-refractivity contribution in [3.63, 3.8) is 0 Å². The van der Waals surface area contributed by atoms with Crippen molar-refractivity contribution in [2.45, 2.75) is 25.3 Å². The van der Waals surface area contributed by atoms with Crippen LogP contribution in [0.5, 0.6) is 0 Å². The summed E-state index contributed by atoms with van der Waals surface area (Å²) in [7, 11) is 1.69. The van der Waals surface area contributed by atoms with Gasteiger partial charge in [-0.15, -0.1) is 0 Å². The van der Waals surface area contributed by atoms with Crippen LogP contribution in [-0.2, 0) is 22.6 Å². The highest BCUT2D eigenvalue weighted by molar-refractivity contribution is 5.23. The van der Waals surface area contributed by atoms with Crippen molar-refractivity contribution in [1.29, 1.82) is 0 Å². The van der Waals surface area contributed by atoms with Crippen LogP contribution in [0.4, 0.5) is 0 Å². The number of nitrogens with one attached hydrogen (secondary N) is 1. The van der Waals surface area contributed by atoms with Crippen LogP contribution < -0.4 is 5.32 Å². The van der Waals surface area contributed by atoms with Crippen molar-refractivity contribution in [3.05, 3.63) is 35.4 Å². The molecule has 94 valence electrons. The van der Waals surface area contributed by atoms with Crippen molar-refractivity contribution in [2.24, 2.45) is 0 Å². The SMILES string of the molecule is COCc1cccc(CNC2COCC2O)c1. The summed E-state index contributed by atoms with van der Waals surface area (Å²) in [6, 6.07) is 8.28. The zero-order valence-electron chi connectivity index (χ0n) is 10.1. The molecule has 0 spiro atoms. The first-order chi connectivity index (χ1) is 8.29. The Hall–Kier alpha value is -0.940. The zero-order chi connectivity index (χ0) is 12.1. The maximum Gasteiger partial charge on any atom is 0.0948 e. The Morgan fingerprint density at radius 3 is 2.94 bits per heavy atom. The first-order valence-electron chi connectivity index (χ1n) is 5.85. The van der Waals surface area contributed by atoms with Gasteiger partial charge in [0.05, 0.1) is 32.0 Å². The van der Waals surface area contributed by atoms with E-state index in [4.69, 9.17) is 9.47 Å². The van der Waals surface area contributed by atoms with E-state index < -0.39 is 6.10 Å². The van der Waals surface area contributed by atoms with Crippen LogP contribution in [0.25, 0.3) is 0 Å². The second-order valence-electron chi connectivity index (χ2n) is 4.35. The Labute approximate surface area is 102 Å². The number of hydrogen-bond acceptors (Lipinski definition) is 4. The molecule has 1 aliphatic rings. The molecule has 1 aromatic carbocycles. The van der Waals surface area contributed by atoms with Crippen molar-refractivity contribution in [3.8, 4) is 0 Å². The lowest BCUT2D eigenvalue weighted by Crippen LogP contribution is -2.38. The quantitative estimate of drug-likeness (QED) is 0.791. The van der Waals surface area contributed by atoms with Gasteiger partial charge in [-0.2, -0.15) is 0 Å². The second-order valence-corrected chi connectivity index (χ2v) is 4.35. The molecule has 17 heavy (non-hydrogen) atoms. The molecule has 0 aliphatic carbocycles. The van der Waals surface area contributed by atoms with E-state index in [2.05, 4.69) is 17.4 Å². The summed E-state index contributed by atoms with van der Waals surface area (Å²) in [6.45, 7) is 2.38. The van der Waals surface area contributed by atoms with Crippen LogP contribution in [0.2, 0.25) is 0 Å². The molecule has 0 amide bonds. The molecule has 2 rings (SSSR count). The minimum atomic E-state index is -0.392. The van der Waals surface area contributed by atoms with Crippen LogP contribution in [0.15, 0.2) is 24.3 Å². The summed E-state index contributed by atoms with van der Waals surface area (Å²) in [5, 5.41) is 12.9. The number of benzene rings is 1. The molecule has 2 unspecified atom stereocenters. The normalized spacial score (nSPS) is 24.1. The van der Waals surface area contributed by atoms with E-state index in [1.807, 2.05) is 12.1 Å². The van der Waals surface area contributed by atoms with Crippen LogP contribution in [0, 0.1) is 0 Å². The second kappa shape index (κ2) is 6.12. The lowest BCUT2D eigenvalue weighted by atomic mass is 10.1. The van der Waals surface area contributed by atoms with E-state index in [0.717, 1.165) is 12.1 Å². The fraction of sp³-hybridized carbons (Fsp3) is 0.538. The van der Waals surface area contributed by atoms with Gasteiger partial charge in [-0.05, 0) is 11.1 Å². The molecule has 0 radical (unpaired) electrons. The minimum Gasteiger partial charge on any atom is -0.389 e. The number of hydrogen-bond donors (Lipinski definition) is 2. The van der Waals surface area contributed by atoms with Gasteiger partial charge in [-0.3, -0.25) is 0 Å². The number of aliphatic hydroxyl groups excluding tert-OH is 1. The minimum absolute atomic E-state index is 0.0427. The number of rotatable bonds is 5. The molecule has 1 heterocycles. The Kier molecular flexibility index (Phi) is 4.50. The fourth-order valence-corrected chi connectivity index (χ4v) is 1.98. The summed E-state index contributed by atoms with van der Waals surface area (Å²) in [5.74, 6) is 0. The molecular weight excluding hydrogens is 218 g/mol. The van der Waals surface area contributed by atoms with Gasteiger partial charge in [-0.1, -0.05) is 24.3 Å². The average Bonchev–Trinajstić information content (AvgIpc) is 2.73. The lowest BCUT2D eigenvalue weighted by molar-refractivity contribution is 0.122. The molecule has 0 saturated carbocycles. The predicted octanol–water partition coefficient (Wildman–Crippen LogP) is 0.682. The molecule has 1 saturated heterocycles. The summed E-state index contributed by atoms with van der Waals surface area (Å²) in [6.07, 6.45) is -0.392. The van der Waals surface area contributed by atoms with Gasteiger partial charge in [0.15, 0.2) is 0 Å². The lowest BCUT2D eigenvalue weighted by Gasteiger charge is -2.14.